The van der Waals surface area contributed by atoms with Gasteiger partial charge in [-0.15, -0.1) is 0 Å². The Kier molecular flexibility index (Phi) is 7.69. The minimum Gasteiger partial charge on any atom is -0.497 e. The summed E-state index contributed by atoms with van der Waals surface area (Å²) < 4.78 is 16.7. The van der Waals surface area contributed by atoms with E-state index in [9.17, 15) is 5.11 Å². The van der Waals surface area contributed by atoms with Crippen LogP contribution in [0.1, 0.15) is 39.2 Å². The predicted molar refractivity (Wildman–Crippen MR) is 99.0 cm³/mol. The molecule has 2 rings (SSSR count). The van der Waals surface area contributed by atoms with E-state index in [0.717, 1.165) is 38.3 Å². The van der Waals surface area contributed by atoms with Crippen LogP contribution in [0.2, 0.25) is 0 Å². The zero-order valence-electron chi connectivity index (χ0n) is 16.0. The Morgan fingerprint density at radius 1 is 1.28 bits per heavy atom. The average molecular weight is 351 g/mol. The number of benzene rings is 1. The molecule has 1 aliphatic rings. The second-order valence-electron chi connectivity index (χ2n) is 7.75. The van der Waals surface area contributed by atoms with Crippen LogP contribution in [0.5, 0.6) is 5.75 Å². The SMILES string of the molecule is COc1ccc(CN(C[C@@H](O)COC(C)(C)C)C[C@@H]2CCCO2)cc1. The quantitative estimate of drug-likeness (QED) is 0.741. The molecule has 1 N–H and O–H groups in total. The first kappa shape index (κ1) is 20.2. The summed E-state index contributed by atoms with van der Waals surface area (Å²) in [5.41, 5.74) is 0.957. The summed E-state index contributed by atoms with van der Waals surface area (Å²) >= 11 is 0. The third kappa shape index (κ3) is 7.74. The van der Waals surface area contributed by atoms with Crippen molar-refractivity contribution in [3.63, 3.8) is 0 Å². The first-order valence-electron chi connectivity index (χ1n) is 9.14. The predicted octanol–water partition coefficient (Wildman–Crippen LogP) is 2.85. The van der Waals surface area contributed by atoms with Gasteiger partial charge in [0.05, 0.1) is 31.5 Å². The molecule has 5 heteroatoms. The standard InChI is InChI=1S/C20H33NO4/c1-20(2,3)25-15-17(22)13-21(14-19-6-5-11-24-19)12-16-7-9-18(23-4)10-8-16/h7-10,17,19,22H,5-6,11-15H2,1-4H3/t17-,19+/m1/s1. The van der Waals surface area contributed by atoms with Gasteiger partial charge in [-0.3, -0.25) is 4.90 Å². The third-order valence-corrected chi connectivity index (χ3v) is 4.23. The molecule has 1 aromatic carbocycles. The third-order valence-electron chi connectivity index (χ3n) is 4.23. The van der Waals surface area contributed by atoms with E-state index in [1.54, 1.807) is 7.11 Å². The number of ether oxygens (including phenoxy) is 3. The van der Waals surface area contributed by atoms with Crippen LogP contribution < -0.4 is 4.74 Å². The monoisotopic (exact) mass is 351 g/mol. The van der Waals surface area contributed by atoms with E-state index in [1.165, 1.54) is 5.56 Å². The number of hydrogen-bond acceptors (Lipinski definition) is 5. The van der Waals surface area contributed by atoms with Crippen molar-refractivity contribution in [3.05, 3.63) is 29.8 Å². The van der Waals surface area contributed by atoms with Gasteiger partial charge in [-0.25, -0.2) is 0 Å². The van der Waals surface area contributed by atoms with Crippen molar-refractivity contribution < 1.29 is 19.3 Å². The maximum Gasteiger partial charge on any atom is 0.118 e. The van der Waals surface area contributed by atoms with Crippen LogP contribution in [-0.2, 0) is 16.0 Å². The van der Waals surface area contributed by atoms with Crippen LogP contribution in [0.15, 0.2) is 24.3 Å². The van der Waals surface area contributed by atoms with Crippen molar-refractivity contribution in [3.8, 4) is 5.75 Å². The van der Waals surface area contributed by atoms with Gasteiger partial charge in [-0.1, -0.05) is 12.1 Å². The summed E-state index contributed by atoms with van der Waals surface area (Å²) in [6, 6.07) is 8.08. The number of rotatable bonds is 9. The Morgan fingerprint density at radius 2 is 2.00 bits per heavy atom. The second kappa shape index (κ2) is 9.53. The van der Waals surface area contributed by atoms with Gasteiger partial charge < -0.3 is 19.3 Å². The Labute approximate surface area is 151 Å². The zero-order valence-corrected chi connectivity index (χ0v) is 16.0. The lowest BCUT2D eigenvalue weighted by atomic mass is 10.1. The molecule has 142 valence electrons. The molecule has 1 fully saturated rings. The van der Waals surface area contributed by atoms with Crippen LogP contribution in [0.4, 0.5) is 0 Å². The van der Waals surface area contributed by atoms with E-state index >= 15 is 0 Å². The van der Waals surface area contributed by atoms with E-state index in [-0.39, 0.29) is 11.7 Å². The summed E-state index contributed by atoms with van der Waals surface area (Å²) in [6.45, 7) is 9.37. The van der Waals surface area contributed by atoms with Crippen molar-refractivity contribution in [2.24, 2.45) is 0 Å². The fourth-order valence-corrected chi connectivity index (χ4v) is 2.97. The molecule has 0 amide bonds. The lowest BCUT2D eigenvalue weighted by molar-refractivity contribution is -0.0594. The van der Waals surface area contributed by atoms with Gasteiger partial charge in [-0.05, 0) is 51.3 Å². The molecule has 5 nitrogen and oxygen atoms in total. The molecule has 1 saturated heterocycles. The summed E-state index contributed by atoms with van der Waals surface area (Å²) in [5, 5.41) is 10.4. The highest BCUT2D eigenvalue weighted by molar-refractivity contribution is 5.27. The van der Waals surface area contributed by atoms with Gasteiger partial charge in [0.15, 0.2) is 0 Å². The molecule has 0 aromatic heterocycles. The van der Waals surface area contributed by atoms with E-state index in [0.29, 0.717) is 13.2 Å². The van der Waals surface area contributed by atoms with Crippen molar-refractivity contribution in [1.82, 2.24) is 4.90 Å². The fraction of sp³-hybridized carbons (Fsp3) is 0.700. The fourth-order valence-electron chi connectivity index (χ4n) is 2.97. The Morgan fingerprint density at radius 3 is 2.56 bits per heavy atom. The zero-order chi connectivity index (χ0) is 18.3. The lowest BCUT2D eigenvalue weighted by Gasteiger charge is -2.29. The second-order valence-corrected chi connectivity index (χ2v) is 7.75. The largest absolute Gasteiger partial charge is 0.497 e. The van der Waals surface area contributed by atoms with Crippen molar-refractivity contribution in [2.75, 3.05) is 33.4 Å². The molecule has 0 saturated carbocycles. The molecule has 0 aliphatic carbocycles. The maximum atomic E-state index is 10.4. The summed E-state index contributed by atoms with van der Waals surface area (Å²) in [7, 11) is 1.67. The molecule has 0 radical (unpaired) electrons. The molecule has 25 heavy (non-hydrogen) atoms. The molecule has 2 atom stereocenters. The summed E-state index contributed by atoms with van der Waals surface area (Å²) in [6.07, 6.45) is 1.96. The van der Waals surface area contributed by atoms with Gasteiger partial charge in [-0.2, -0.15) is 0 Å². The van der Waals surface area contributed by atoms with Crippen LogP contribution in [0.25, 0.3) is 0 Å². The normalized spacial score (nSPS) is 19.4. The van der Waals surface area contributed by atoms with Crippen molar-refractivity contribution >= 4 is 0 Å². The van der Waals surface area contributed by atoms with Crippen molar-refractivity contribution in [2.45, 2.75) is 58.0 Å². The molecule has 1 aliphatic heterocycles. The summed E-state index contributed by atoms with van der Waals surface area (Å²) in [5.74, 6) is 0.855. The molecular weight excluding hydrogens is 318 g/mol. The Bertz CT molecular complexity index is 491. The van der Waals surface area contributed by atoms with Crippen LogP contribution in [0, 0.1) is 0 Å². The number of aliphatic hydroxyl groups is 1. The van der Waals surface area contributed by atoms with Crippen LogP contribution in [0.3, 0.4) is 0 Å². The van der Waals surface area contributed by atoms with Crippen LogP contribution in [-0.4, -0.2) is 61.2 Å². The van der Waals surface area contributed by atoms with Gasteiger partial charge in [0.1, 0.15) is 5.75 Å². The van der Waals surface area contributed by atoms with Gasteiger partial charge in [0.2, 0.25) is 0 Å². The molecule has 1 aromatic rings. The molecular formula is C20H33NO4. The number of nitrogens with zero attached hydrogens (tertiary/aromatic N) is 1. The smallest absolute Gasteiger partial charge is 0.118 e. The number of methoxy groups -OCH3 is 1. The minimum absolute atomic E-state index is 0.240. The van der Waals surface area contributed by atoms with E-state index in [2.05, 4.69) is 17.0 Å². The topological polar surface area (TPSA) is 51.2 Å². The molecule has 0 spiro atoms. The minimum atomic E-state index is -0.515. The lowest BCUT2D eigenvalue weighted by Crippen LogP contribution is -2.40. The van der Waals surface area contributed by atoms with Gasteiger partial charge in [0.25, 0.3) is 0 Å². The van der Waals surface area contributed by atoms with E-state index < -0.39 is 6.10 Å². The first-order valence-corrected chi connectivity index (χ1v) is 9.14. The molecule has 0 bridgehead atoms. The highest BCUT2D eigenvalue weighted by Gasteiger charge is 2.22. The molecule has 1 heterocycles. The number of aliphatic hydroxyl groups excluding tert-OH is 1. The Hall–Kier alpha value is -1.14. The summed E-state index contributed by atoms with van der Waals surface area (Å²) in [4.78, 5) is 2.26. The Balaban J connectivity index is 1.93. The average Bonchev–Trinajstić information content (AvgIpc) is 3.06. The maximum absolute atomic E-state index is 10.4. The highest BCUT2D eigenvalue weighted by atomic mass is 16.5. The van der Waals surface area contributed by atoms with E-state index in [1.807, 2.05) is 32.9 Å². The number of hydrogen-bond donors (Lipinski definition) is 1. The molecule has 0 unspecified atom stereocenters. The first-order chi connectivity index (χ1) is 11.9. The van der Waals surface area contributed by atoms with Gasteiger partial charge >= 0.3 is 0 Å². The van der Waals surface area contributed by atoms with Crippen LogP contribution >= 0.6 is 0 Å². The van der Waals surface area contributed by atoms with Crippen molar-refractivity contribution in [1.29, 1.82) is 0 Å². The van der Waals surface area contributed by atoms with Gasteiger partial charge in [0, 0.05) is 26.2 Å². The highest BCUT2D eigenvalue weighted by Crippen LogP contribution is 2.17. The van der Waals surface area contributed by atoms with E-state index in [4.69, 9.17) is 14.2 Å².